The molecule has 2 aromatic carbocycles. The first-order valence-electron chi connectivity index (χ1n) is 8.97. The Morgan fingerprint density at radius 2 is 1.63 bits per heavy atom. The number of amides is 1. The number of methoxy groups -OCH3 is 1. The number of ether oxygens (including phenoxy) is 3. The van der Waals surface area contributed by atoms with E-state index >= 15 is 0 Å². The fourth-order valence-corrected chi connectivity index (χ4v) is 2.50. The molecule has 154 valence electrons. The summed E-state index contributed by atoms with van der Waals surface area (Å²) in [5.41, 5.74) is 0.442. The van der Waals surface area contributed by atoms with E-state index in [-0.39, 0.29) is 23.6 Å². The van der Waals surface area contributed by atoms with Gasteiger partial charge in [0.25, 0.3) is 5.91 Å². The average molecular weight is 409 g/mol. The fraction of sp³-hybridized carbons (Fsp3) is 0.136. The zero-order valence-corrected chi connectivity index (χ0v) is 16.1. The van der Waals surface area contributed by atoms with E-state index in [1.54, 1.807) is 30.3 Å². The fourth-order valence-electron chi connectivity index (χ4n) is 2.50. The minimum absolute atomic E-state index is 0.0515. The number of esters is 2. The summed E-state index contributed by atoms with van der Waals surface area (Å²) in [5, 5.41) is 2.51. The Balaban J connectivity index is 1.50. The zero-order valence-electron chi connectivity index (χ0n) is 16.1. The predicted octanol–water partition coefficient (Wildman–Crippen LogP) is 3.44. The predicted molar refractivity (Wildman–Crippen MR) is 106 cm³/mol. The Hall–Kier alpha value is -4.07. The van der Waals surface area contributed by atoms with Crippen molar-refractivity contribution in [1.82, 2.24) is 0 Å². The van der Waals surface area contributed by atoms with E-state index < -0.39 is 24.5 Å². The number of rotatable bonds is 8. The van der Waals surface area contributed by atoms with Crippen LogP contribution in [0.2, 0.25) is 0 Å². The van der Waals surface area contributed by atoms with Crippen LogP contribution in [0.15, 0.2) is 71.1 Å². The SMILES string of the molecule is COC(=O)c1ccccc1NC(=O)COC(=O)c1ccc(COc2ccccc2)o1. The second kappa shape index (κ2) is 9.92. The van der Waals surface area contributed by atoms with Gasteiger partial charge in [0.1, 0.15) is 18.1 Å². The first-order valence-corrected chi connectivity index (χ1v) is 8.97. The number of para-hydroxylation sites is 2. The van der Waals surface area contributed by atoms with Crippen LogP contribution < -0.4 is 10.1 Å². The van der Waals surface area contributed by atoms with Gasteiger partial charge in [0.05, 0.1) is 18.4 Å². The van der Waals surface area contributed by atoms with Crippen molar-refractivity contribution in [1.29, 1.82) is 0 Å². The van der Waals surface area contributed by atoms with Gasteiger partial charge in [0.2, 0.25) is 5.76 Å². The Kier molecular flexibility index (Phi) is 6.83. The highest BCUT2D eigenvalue weighted by Crippen LogP contribution is 2.17. The number of carbonyl (C=O) groups excluding carboxylic acids is 3. The first-order chi connectivity index (χ1) is 14.6. The molecule has 1 N–H and O–H groups in total. The lowest BCUT2D eigenvalue weighted by Crippen LogP contribution is -2.22. The van der Waals surface area contributed by atoms with Gasteiger partial charge >= 0.3 is 11.9 Å². The number of furan rings is 1. The molecule has 0 aliphatic heterocycles. The lowest BCUT2D eigenvalue weighted by Gasteiger charge is -2.09. The lowest BCUT2D eigenvalue weighted by atomic mass is 10.2. The second-order valence-electron chi connectivity index (χ2n) is 6.03. The standard InChI is InChI=1S/C22H19NO7/c1-27-21(25)17-9-5-6-10-18(17)23-20(24)14-29-22(26)19-12-11-16(30-19)13-28-15-7-3-2-4-8-15/h2-12H,13-14H2,1H3,(H,23,24). The van der Waals surface area contributed by atoms with Gasteiger partial charge in [-0.25, -0.2) is 9.59 Å². The molecule has 1 amide bonds. The summed E-state index contributed by atoms with van der Waals surface area (Å²) in [7, 11) is 1.24. The smallest absolute Gasteiger partial charge is 0.374 e. The number of benzene rings is 2. The Labute approximate surface area is 172 Å². The summed E-state index contributed by atoms with van der Waals surface area (Å²) in [6, 6.07) is 18.5. The topological polar surface area (TPSA) is 104 Å². The minimum Gasteiger partial charge on any atom is -0.486 e. The summed E-state index contributed by atoms with van der Waals surface area (Å²) in [4.78, 5) is 35.9. The molecule has 1 heterocycles. The van der Waals surface area contributed by atoms with Crippen LogP contribution in [0.25, 0.3) is 0 Å². The third-order valence-corrected chi connectivity index (χ3v) is 3.93. The number of hydrogen-bond donors (Lipinski definition) is 1. The molecule has 0 saturated carbocycles. The van der Waals surface area contributed by atoms with Gasteiger partial charge in [-0.05, 0) is 36.4 Å². The molecule has 30 heavy (non-hydrogen) atoms. The molecule has 0 spiro atoms. The Morgan fingerprint density at radius 1 is 0.900 bits per heavy atom. The maximum absolute atomic E-state index is 12.1. The van der Waals surface area contributed by atoms with Crippen LogP contribution >= 0.6 is 0 Å². The van der Waals surface area contributed by atoms with Crippen molar-refractivity contribution in [3.05, 3.63) is 83.8 Å². The van der Waals surface area contributed by atoms with E-state index in [2.05, 4.69) is 10.1 Å². The van der Waals surface area contributed by atoms with E-state index in [9.17, 15) is 14.4 Å². The van der Waals surface area contributed by atoms with Crippen LogP contribution in [0.4, 0.5) is 5.69 Å². The molecule has 3 aromatic rings. The Bertz CT molecular complexity index is 1030. The van der Waals surface area contributed by atoms with E-state index in [0.717, 1.165) is 0 Å². The summed E-state index contributed by atoms with van der Waals surface area (Å²) in [6.45, 7) is -0.410. The highest BCUT2D eigenvalue weighted by Gasteiger charge is 2.17. The van der Waals surface area contributed by atoms with E-state index in [1.807, 2.05) is 18.2 Å². The first kappa shape index (κ1) is 20.7. The molecule has 0 fully saturated rings. The lowest BCUT2D eigenvalue weighted by molar-refractivity contribution is -0.119. The summed E-state index contributed by atoms with van der Waals surface area (Å²) >= 11 is 0. The quantitative estimate of drug-likeness (QED) is 0.568. The van der Waals surface area contributed by atoms with Gasteiger partial charge in [-0.2, -0.15) is 0 Å². The largest absolute Gasteiger partial charge is 0.486 e. The van der Waals surface area contributed by atoms with Crippen molar-refractivity contribution in [3.63, 3.8) is 0 Å². The average Bonchev–Trinajstić information content (AvgIpc) is 3.26. The molecule has 8 heteroatoms. The molecule has 0 bridgehead atoms. The molecule has 0 aliphatic carbocycles. The van der Waals surface area contributed by atoms with Crippen LogP contribution in [0.3, 0.4) is 0 Å². The van der Waals surface area contributed by atoms with Crippen LogP contribution in [0.1, 0.15) is 26.7 Å². The van der Waals surface area contributed by atoms with Crippen molar-refractivity contribution < 1.29 is 33.0 Å². The normalized spacial score (nSPS) is 10.2. The summed E-state index contributed by atoms with van der Waals surface area (Å²) < 4.78 is 20.6. The minimum atomic E-state index is -0.794. The zero-order chi connectivity index (χ0) is 21.3. The maximum Gasteiger partial charge on any atom is 0.374 e. The van der Waals surface area contributed by atoms with Crippen LogP contribution in [0, 0.1) is 0 Å². The van der Waals surface area contributed by atoms with E-state index in [0.29, 0.717) is 11.5 Å². The summed E-state index contributed by atoms with van der Waals surface area (Å²) in [6.07, 6.45) is 0. The van der Waals surface area contributed by atoms with Crippen molar-refractivity contribution in [2.45, 2.75) is 6.61 Å². The monoisotopic (exact) mass is 409 g/mol. The van der Waals surface area contributed by atoms with Crippen molar-refractivity contribution in [3.8, 4) is 5.75 Å². The highest BCUT2D eigenvalue weighted by atomic mass is 16.6. The Morgan fingerprint density at radius 3 is 2.40 bits per heavy atom. The van der Waals surface area contributed by atoms with Gasteiger partial charge in [-0.15, -0.1) is 0 Å². The molecule has 0 radical (unpaired) electrons. The maximum atomic E-state index is 12.1. The van der Waals surface area contributed by atoms with Crippen molar-refractivity contribution in [2.24, 2.45) is 0 Å². The third kappa shape index (κ3) is 5.48. The van der Waals surface area contributed by atoms with Gasteiger partial charge in [-0.1, -0.05) is 30.3 Å². The van der Waals surface area contributed by atoms with Crippen molar-refractivity contribution >= 4 is 23.5 Å². The van der Waals surface area contributed by atoms with Gasteiger partial charge in [0.15, 0.2) is 6.61 Å². The molecule has 3 rings (SSSR count). The van der Waals surface area contributed by atoms with E-state index in [4.69, 9.17) is 13.9 Å². The number of hydrogen-bond acceptors (Lipinski definition) is 7. The van der Waals surface area contributed by atoms with Crippen molar-refractivity contribution in [2.75, 3.05) is 19.0 Å². The molecule has 0 aliphatic rings. The molecule has 0 unspecified atom stereocenters. The van der Waals surface area contributed by atoms with Crippen LogP contribution in [0.5, 0.6) is 5.75 Å². The molecular weight excluding hydrogens is 390 g/mol. The van der Waals surface area contributed by atoms with Crippen LogP contribution in [-0.2, 0) is 20.9 Å². The van der Waals surface area contributed by atoms with Gasteiger partial charge in [0, 0.05) is 0 Å². The third-order valence-electron chi connectivity index (χ3n) is 3.93. The molecule has 0 atom stereocenters. The number of nitrogens with one attached hydrogen (secondary N) is 1. The van der Waals surface area contributed by atoms with Gasteiger partial charge in [-0.3, -0.25) is 4.79 Å². The molecule has 0 saturated heterocycles. The number of carbonyl (C=O) groups is 3. The molecular formula is C22H19NO7. The van der Waals surface area contributed by atoms with Crippen LogP contribution in [-0.4, -0.2) is 31.6 Å². The van der Waals surface area contributed by atoms with Gasteiger partial charge < -0.3 is 23.9 Å². The molecule has 1 aromatic heterocycles. The molecule has 8 nitrogen and oxygen atoms in total. The number of anilines is 1. The highest BCUT2D eigenvalue weighted by molar-refractivity contribution is 6.02. The second-order valence-corrected chi connectivity index (χ2v) is 6.03. The summed E-state index contributed by atoms with van der Waals surface area (Å²) in [5.74, 6) is -0.950. The van der Waals surface area contributed by atoms with E-state index in [1.165, 1.54) is 25.3 Å².